The van der Waals surface area contributed by atoms with Gasteiger partial charge >= 0.3 is 0 Å². The van der Waals surface area contributed by atoms with Gasteiger partial charge in [-0.3, -0.25) is 4.79 Å². The van der Waals surface area contributed by atoms with Gasteiger partial charge in [0.15, 0.2) is 5.69 Å². The average molecular weight is 377 g/mol. The zero-order valence-electron chi connectivity index (χ0n) is 16.0. The number of hydrogen-bond donors (Lipinski definition) is 1. The van der Waals surface area contributed by atoms with Gasteiger partial charge in [0, 0.05) is 17.3 Å². The van der Waals surface area contributed by atoms with Crippen molar-refractivity contribution < 1.29 is 9.18 Å². The molecule has 0 fully saturated rings. The maximum absolute atomic E-state index is 13.3. The molecule has 0 bridgehead atoms. The Morgan fingerprint density at radius 1 is 1.14 bits per heavy atom. The van der Waals surface area contributed by atoms with Gasteiger partial charge in [-0.05, 0) is 68.9 Å². The first-order chi connectivity index (χ1) is 13.6. The van der Waals surface area contributed by atoms with Crippen LogP contribution in [0.5, 0.6) is 0 Å². The lowest BCUT2D eigenvalue weighted by Gasteiger charge is -2.13. The van der Waals surface area contributed by atoms with E-state index in [9.17, 15) is 9.18 Å². The molecule has 144 valence electrons. The lowest BCUT2D eigenvalue weighted by Crippen LogP contribution is -2.33. The van der Waals surface area contributed by atoms with E-state index in [1.54, 1.807) is 16.8 Å². The van der Waals surface area contributed by atoms with Crippen molar-refractivity contribution in [2.45, 2.75) is 45.1 Å². The van der Waals surface area contributed by atoms with Gasteiger partial charge in [-0.2, -0.15) is 5.10 Å². The molecule has 3 aromatic rings. The maximum Gasteiger partial charge on any atom is 0.272 e. The van der Waals surface area contributed by atoms with Crippen molar-refractivity contribution in [1.29, 1.82) is 0 Å². The first kappa shape index (κ1) is 18.4. The number of halogens is 1. The number of nitrogens with zero attached hydrogens (tertiary/aromatic N) is 2. The number of carbonyl (C=O) groups excluding carboxylic acids is 1. The van der Waals surface area contributed by atoms with Crippen molar-refractivity contribution in [3.8, 4) is 5.69 Å². The predicted octanol–water partition coefficient (Wildman–Crippen LogP) is 4.25. The van der Waals surface area contributed by atoms with Crippen LogP contribution in [0.15, 0.2) is 54.6 Å². The highest BCUT2D eigenvalue weighted by molar-refractivity contribution is 5.94. The number of rotatable bonds is 6. The molecule has 0 saturated carbocycles. The SMILES string of the molecule is CC(CCc1ccccc1)NC(=O)c1nn(-c2ccc(F)cc2)c2c1CCC2. The summed E-state index contributed by atoms with van der Waals surface area (Å²) in [6.07, 6.45) is 4.55. The molecule has 1 amide bonds. The number of aromatic nitrogens is 2. The van der Waals surface area contributed by atoms with E-state index in [0.29, 0.717) is 5.69 Å². The molecule has 2 aromatic carbocycles. The van der Waals surface area contributed by atoms with E-state index in [1.165, 1.54) is 17.7 Å². The minimum Gasteiger partial charge on any atom is -0.348 e. The normalized spacial score (nSPS) is 13.9. The van der Waals surface area contributed by atoms with Crippen LogP contribution >= 0.6 is 0 Å². The lowest BCUT2D eigenvalue weighted by molar-refractivity contribution is 0.0932. The molecule has 1 heterocycles. The van der Waals surface area contributed by atoms with Gasteiger partial charge < -0.3 is 5.32 Å². The Balaban J connectivity index is 1.48. The van der Waals surface area contributed by atoms with E-state index >= 15 is 0 Å². The number of benzene rings is 2. The van der Waals surface area contributed by atoms with Crippen molar-refractivity contribution in [1.82, 2.24) is 15.1 Å². The Labute approximate surface area is 164 Å². The molecule has 1 N–H and O–H groups in total. The fourth-order valence-corrected chi connectivity index (χ4v) is 3.81. The van der Waals surface area contributed by atoms with Gasteiger partial charge in [0.2, 0.25) is 0 Å². The van der Waals surface area contributed by atoms with Crippen LogP contribution in [0.3, 0.4) is 0 Å². The molecule has 0 spiro atoms. The molecular formula is C23H24FN3O. The van der Waals surface area contributed by atoms with Crippen LogP contribution in [-0.4, -0.2) is 21.7 Å². The van der Waals surface area contributed by atoms with E-state index in [2.05, 4.69) is 22.5 Å². The summed E-state index contributed by atoms with van der Waals surface area (Å²) in [6.45, 7) is 2.03. The van der Waals surface area contributed by atoms with Gasteiger partial charge in [-0.1, -0.05) is 30.3 Å². The van der Waals surface area contributed by atoms with E-state index in [0.717, 1.165) is 49.0 Å². The smallest absolute Gasteiger partial charge is 0.272 e. The van der Waals surface area contributed by atoms with Crippen molar-refractivity contribution in [2.24, 2.45) is 0 Å². The van der Waals surface area contributed by atoms with Crippen LogP contribution in [0.4, 0.5) is 4.39 Å². The van der Waals surface area contributed by atoms with Crippen LogP contribution in [0.1, 0.15) is 47.1 Å². The van der Waals surface area contributed by atoms with Crippen molar-refractivity contribution in [2.75, 3.05) is 0 Å². The van der Waals surface area contributed by atoms with Gasteiger partial charge in [0.25, 0.3) is 5.91 Å². The Morgan fingerprint density at radius 3 is 2.64 bits per heavy atom. The third kappa shape index (κ3) is 3.84. The maximum atomic E-state index is 13.3. The van der Waals surface area contributed by atoms with Gasteiger partial charge in [0.1, 0.15) is 5.82 Å². The standard InChI is InChI=1S/C23H24FN3O/c1-16(10-11-17-6-3-2-4-7-17)25-23(28)22-20-8-5-9-21(20)27(26-22)19-14-12-18(24)13-15-19/h2-4,6-7,12-16H,5,8-11H2,1H3,(H,25,28). The zero-order chi connectivity index (χ0) is 19.5. The summed E-state index contributed by atoms with van der Waals surface area (Å²) >= 11 is 0. The summed E-state index contributed by atoms with van der Waals surface area (Å²) in [5.74, 6) is -0.405. The summed E-state index contributed by atoms with van der Waals surface area (Å²) in [7, 11) is 0. The highest BCUT2D eigenvalue weighted by Crippen LogP contribution is 2.28. The van der Waals surface area contributed by atoms with E-state index in [-0.39, 0.29) is 17.8 Å². The number of carbonyl (C=O) groups is 1. The fourth-order valence-electron chi connectivity index (χ4n) is 3.81. The van der Waals surface area contributed by atoms with E-state index in [4.69, 9.17) is 0 Å². The van der Waals surface area contributed by atoms with E-state index in [1.807, 2.05) is 25.1 Å². The van der Waals surface area contributed by atoms with Gasteiger partial charge in [-0.25, -0.2) is 9.07 Å². The Morgan fingerprint density at radius 2 is 1.89 bits per heavy atom. The highest BCUT2D eigenvalue weighted by Gasteiger charge is 2.27. The van der Waals surface area contributed by atoms with Crippen molar-refractivity contribution in [3.63, 3.8) is 0 Å². The van der Waals surface area contributed by atoms with Crippen molar-refractivity contribution in [3.05, 3.63) is 82.9 Å². The third-order valence-corrected chi connectivity index (χ3v) is 5.30. The van der Waals surface area contributed by atoms with Crippen LogP contribution in [0.2, 0.25) is 0 Å². The van der Waals surface area contributed by atoms with E-state index < -0.39 is 0 Å². The Bertz CT molecular complexity index is 964. The molecule has 4 nitrogen and oxygen atoms in total. The second kappa shape index (κ2) is 7.97. The quantitative estimate of drug-likeness (QED) is 0.698. The summed E-state index contributed by atoms with van der Waals surface area (Å²) in [5.41, 5.74) is 4.65. The first-order valence-corrected chi connectivity index (χ1v) is 9.83. The molecule has 28 heavy (non-hydrogen) atoms. The summed E-state index contributed by atoms with van der Waals surface area (Å²) in [6, 6.07) is 16.6. The summed E-state index contributed by atoms with van der Waals surface area (Å²) in [4.78, 5) is 12.9. The monoisotopic (exact) mass is 377 g/mol. The molecule has 1 atom stereocenters. The molecule has 0 saturated heterocycles. The van der Waals surface area contributed by atoms with Crippen LogP contribution < -0.4 is 5.32 Å². The second-order valence-corrected chi connectivity index (χ2v) is 7.41. The number of amides is 1. The second-order valence-electron chi connectivity index (χ2n) is 7.41. The zero-order valence-corrected chi connectivity index (χ0v) is 16.0. The van der Waals surface area contributed by atoms with Crippen LogP contribution in [0.25, 0.3) is 5.69 Å². The minimum atomic E-state index is -0.280. The number of nitrogens with one attached hydrogen (secondary N) is 1. The number of aryl methyl sites for hydroxylation is 1. The molecule has 1 aliphatic carbocycles. The number of fused-ring (bicyclic) bond motifs is 1. The largest absolute Gasteiger partial charge is 0.348 e. The minimum absolute atomic E-state index is 0.0562. The summed E-state index contributed by atoms with van der Waals surface area (Å²) in [5, 5.41) is 7.68. The lowest BCUT2D eigenvalue weighted by atomic mass is 10.1. The van der Waals surface area contributed by atoms with Gasteiger partial charge in [0.05, 0.1) is 5.69 Å². The van der Waals surface area contributed by atoms with Crippen LogP contribution in [-0.2, 0) is 19.3 Å². The molecule has 1 unspecified atom stereocenters. The number of hydrogen-bond acceptors (Lipinski definition) is 2. The van der Waals surface area contributed by atoms with Crippen LogP contribution in [0, 0.1) is 5.82 Å². The first-order valence-electron chi connectivity index (χ1n) is 9.83. The molecular weight excluding hydrogens is 353 g/mol. The topological polar surface area (TPSA) is 46.9 Å². The molecule has 4 rings (SSSR count). The third-order valence-electron chi connectivity index (χ3n) is 5.30. The summed E-state index contributed by atoms with van der Waals surface area (Å²) < 4.78 is 15.1. The predicted molar refractivity (Wildman–Crippen MR) is 107 cm³/mol. The Hall–Kier alpha value is -2.95. The molecule has 5 heteroatoms. The van der Waals surface area contributed by atoms with Gasteiger partial charge in [-0.15, -0.1) is 0 Å². The molecule has 0 aliphatic heterocycles. The fraction of sp³-hybridized carbons (Fsp3) is 0.304. The highest BCUT2D eigenvalue weighted by atomic mass is 19.1. The molecule has 1 aromatic heterocycles. The molecule has 0 radical (unpaired) electrons. The molecule has 1 aliphatic rings. The average Bonchev–Trinajstić information content (AvgIpc) is 3.31. The Kier molecular flexibility index (Phi) is 5.24. The van der Waals surface area contributed by atoms with Crippen molar-refractivity contribution >= 4 is 5.91 Å².